The van der Waals surface area contributed by atoms with E-state index in [1.54, 1.807) is 36.5 Å². The van der Waals surface area contributed by atoms with E-state index in [2.05, 4.69) is 45.9 Å². The fraction of sp³-hybridized carbons (Fsp3) is 0.375. The monoisotopic (exact) mass is 786 g/mol. The van der Waals surface area contributed by atoms with E-state index in [9.17, 15) is 27.6 Å². The van der Waals surface area contributed by atoms with Gasteiger partial charge >= 0.3 is 12.2 Å². The number of nitrogens with zero attached hydrogens (tertiary/aromatic N) is 6. The Balaban J connectivity index is 0.954. The van der Waals surface area contributed by atoms with Crippen LogP contribution in [0.1, 0.15) is 40.7 Å². The number of benzene rings is 2. The maximum Gasteiger partial charge on any atom is 0.419 e. The highest BCUT2D eigenvalue weighted by atomic mass is 19.4. The fourth-order valence-corrected chi connectivity index (χ4v) is 7.64. The first kappa shape index (κ1) is 39.3. The summed E-state index contributed by atoms with van der Waals surface area (Å²) in [5.74, 6) is -0.0339. The molecule has 4 aromatic rings. The summed E-state index contributed by atoms with van der Waals surface area (Å²) < 4.78 is 47.9. The Bertz CT molecular complexity index is 2100. The summed E-state index contributed by atoms with van der Waals surface area (Å²) in [4.78, 5) is 53.7. The molecule has 7 rings (SSSR count). The number of hydrogen-bond acceptors (Lipinski definition) is 11. The number of urea groups is 1. The number of methoxy groups -OCH3 is 1. The van der Waals surface area contributed by atoms with Gasteiger partial charge in [-0.3, -0.25) is 34.6 Å². The van der Waals surface area contributed by atoms with Crippen LogP contribution in [0.5, 0.6) is 5.75 Å². The van der Waals surface area contributed by atoms with E-state index in [0.717, 1.165) is 75.2 Å². The Hall–Kier alpha value is -5.94. The van der Waals surface area contributed by atoms with Gasteiger partial charge in [0.25, 0.3) is 5.91 Å². The number of piperazine rings is 1. The molecule has 0 saturated carbocycles. The Morgan fingerprint density at radius 2 is 1.68 bits per heavy atom. The molecule has 0 bridgehead atoms. The smallest absolute Gasteiger partial charge is 0.419 e. The Morgan fingerprint density at radius 1 is 0.912 bits per heavy atom. The molecule has 0 aliphatic carbocycles. The molecule has 0 unspecified atom stereocenters. The number of ether oxygens (including phenoxy) is 1. The van der Waals surface area contributed by atoms with Crippen LogP contribution in [0.2, 0.25) is 0 Å². The fourth-order valence-electron chi connectivity index (χ4n) is 7.64. The van der Waals surface area contributed by atoms with E-state index < -0.39 is 23.7 Å². The van der Waals surface area contributed by atoms with E-state index in [-0.39, 0.29) is 35.1 Å². The molecule has 0 radical (unpaired) electrons. The van der Waals surface area contributed by atoms with E-state index in [1.165, 1.54) is 25.2 Å². The van der Waals surface area contributed by atoms with Gasteiger partial charge in [0.15, 0.2) is 0 Å². The first-order valence-electron chi connectivity index (χ1n) is 18.9. The lowest BCUT2D eigenvalue weighted by Gasteiger charge is -2.43. The summed E-state index contributed by atoms with van der Waals surface area (Å²) in [6.07, 6.45) is 1.74. The van der Waals surface area contributed by atoms with E-state index in [4.69, 9.17) is 4.74 Å². The van der Waals surface area contributed by atoms with Crippen LogP contribution in [0, 0.1) is 0 Å². The van der Waals surface area contributed by atoms with Crippen LogP contribution in [0.3, 0.4) is 0 Å². The first-order chi connectivity index (χ1) is 27.5. The predicted molar refractivity (Wildman–Crippen MR) is 210 cm³/mol. The maximum atomic E-state index is 14.0. The largest absolute Gasteiger partial charge is 0.494 e. The Kier molecular flexibility index (Phi) is 11.8. The Morgan fingerprint density at radius 3 is 2.40 bits per heavy atom. The summed E-state index contributed by atoms with van der Waals surface area (Å²) in [5, 5.41) is 10.8. The normalized spacial score (nSPS) is 17.3. The van der Waals surface area contributed by atoms with Crippen LogP contribution < -0.4 is 35.8 Å². The molecule has 5 heterocycles. The average molecular weight is 787 g/mol. The van der Waals surface area contributed by atoms with Crippen molar-refractivity contribution in [2.45, 2.75) is 38.0 Å². The van der Waals surface area contributed by atoms with Crippen LogP contribution >= 0.6 is 0 Å². The van der Waals surface area contributed by atoms with Gasteiger partial charge in [0.2, 0.25) is 5.91 Å². The molecule has 3 aliphatic rings. The highest BCUT2D eigenvalue weighted by Gasteiger charge is 2.35. The van der Waals surface area contributed by atoms with Gasteiger partial charge in [-0.15, -0.1) is 0 Å². The summed E-state index contributed by atoms with van der Waals surface area (Å²) >= 11 is 0. The van der Waals surface area contributed by atoms with Crippen molar-refractivity contribution in [1.82, 2.24) is 30.4 Å². The third-order valence-corrected chi connectivity index (χ3v) is 10.7. The number of alkyl halides is 3. The minimum absolute atomic E-state index is 0.156. The summed E-state index contributed by atoms with van der Waals surface area (Å²) in [5.41, 5.74) is 2.43. The number of halogens is 3. The minimum Gasteiger partial charge on any atom is -0.494 e. The maximum absolute atomic E-state index is 14.0. The number of pyridine rings is 2. The number of amides is 4. The van der Waals surface area contributed by atoms with Gasteiger partial charge in [-0.1, -0.05) is 12.1 Å². The topological polar surface area (TPSA) is 147 Å². The van der Waals surface area contributed by atoms with E-state index >= 15 is 0 Å². The number of carbonyl (C=O) groups excluding carboxylic acids is 3. The zero-order valence-electron chi connectivity index (χ0n) is 31.7. The van der Waals surface area contributed by atoms with Gasteiger partial charge < -0.3 is 25.6 Å². The summed E-state index contributed by atoms with van der Waals surface area (Å²) in [6, 6.07) is 15.3. The van der Waals surface area contributed by atoms with Crippen molar-refractivity contribution >= 4 is 52.1 Å². The molecule has 17 heteroatoms. The van der Waals surface area contributed by atoms with Crippen LogP contribution in [0.4, 0.5) is 52.2 Å². The molecule has 3 aliphatic heterocycles. The highest BCUT2D eigenvalue weighted by molar-refractivity contribution is 6.05. The van der Waals surface area contributed by atoms with Crippen molar-refractivity contribution in [1.29, 1.82) is 0 Å². The number of carbonyl (C=O) groups is 3. The minimum atomic E-state index is -4.69. The number of para-hydroxylation sites is 1. The molecule has 3 fully saturated rings. The van der Waals surface area contributed by atoms with Crippen molar-refractivity contribution in [2.24, 2.45) is 0 Å². The molecule has 300 valence electrons. The van der Waals surface area contributed by atoms with Crippen molar-refractivity contribution in [3.8, 4) is 5.75 Å². The number of anilines is 6. The first-order valence-corrected chi connectivity index (χ1v) is 18.9. The van der Waals surface area contributed by atoms with Gasteiger partial charge in [-0.25, -0.2) is 9.78 Å². The zero-order chi connectivity index (χ0) is 40.1. The molecule has 57 heavy (non-hydrogen) atoms. The quantitative estimate of drug-likeness (QED) is 0.151. The second kappa shape index (κ2) is 17.1. The molecule has 4 N–H and O–H groups in total. The molecular weight excluding hydrogens is 742 g/mol. The number of hydrogen-bond donors (Lipinski definition) is 4. The van der Waals surface area contributed by atoms with Crippen LogP contribution in [-0.4, -0.2) is 104 Å². The molecule has 0 spiro atoms. The van der Waals surface area contributed by atoms with E-state index in [1.807, 2.05) is 24.3 Å². The summed E-state index contributed by atoms with van der Waals surface area (Å²) in [6.45, 7) is 6.40. The molecule has 4 amide bonds. The van der Waals surface area contributed by atoms with Gasteiger partial charge in [0, 0.05) is 102 Å². The molecule has 2 aromatic carbocycles. The molecular formula is C40H45F3N10O4. The number of piperidine rings is 1. The van der Waals surface area contributed by atoms with Gasteiger partial charge in [-0.05, 0) is 48.7 Å². The lowest BCUT2D eigenvalue weighted by Crippen LogP contribution is -2.53. The van der Waals surface area contributed by atoms with Crippen molar-refractivity contribution in [2.75, 3.05) is 80.4 Å². The van der Waals surface area contributed by atoms with Gasteiger partial charge in [0.05, 0.1) is 47.2 Å². The number of aromatic nitrogens is 2. The molecule has 3 saturated heterocycles. The van der Waals surface area contributed by atoms with Crippen LogP contribution in [0.25, 0.3) is 0 Å². The SMILES string of the molecule is CNC(=O)c1ccccc1Nc1cc(Nc2ccc(N3CCC(N4CCN(Cc5ccncc5N5CCC(=O)NC5=O)CC4)CC3)cc2OC)ncc1C(F)(F)F. The third-order valence-electron chi connectivity index (χ3n) is 10.7. The second-order valence-corrected chi connectivity index (χ2v) is 14.2. The average Bonchev–Trinajstić information content (AvgIpc) is 3.21. The Labute approximate surface area is 328 Å². The second-order valence-electron chi connectivity index (χ2n) is 14.2. The van der Waals surface area contributed by atoms with Crippen molar-refractivity contribution in [3.63, 3.8) is 0 Å². The predicted octanol–water partition coefficient (Wildman–Crippen LogP) is 5.58. The number of imide groups is 1. The zero-order valence-corrected chi connectivity index (χ0v) is 31.7. The number of nitrogens with one attached hydrogen (secondary N) is 4. The molecule has 0 atom stereocenters. The van der Waals surface area contributed by atoms with Crippen molar-refractivity contribution < 1.29 is 32.3 Å². The molecule has 2 aromatic heterocycles. The summed E-state index contributed by atoms with van der Waals surface area (Å²) in [7, 11) is 3.00. The third kappa shape index (κ3) is 9.05. The standard InChI is InChI=1S/C40H45F3N10O4/c1-44-38(55)29-5-3-4-6-31(29)47-33-22-36(46-23-30(33)40(41,42)43)48-32-8-7-28(21-35(32)57-2)51-14-10-27(11-15-51)52-19-17-50(18-20-52)25-26-9-13-45-24-34(26)53-16-12-37(54)49-39(53)56/h3-9,13,21-24,27H,10-12,14-20,25H2,1-2H3,(H,44,55)(H2,46,47,48)(H,49,54,56). The lowest BCUT2D eigenvalue weighted by molar-refractivity contribution is -0.137. The van der Waals surface area contributed by atoms with Crippen molar-refractivity contribution in [3.05, 3.63) is 89.9 Å². The van der Waals surface area contributed by atoms with Crippen LogP contribution in [-0.2, 0) is 17.5 Å². The van der Waals surface area contributed by atoms with Crippen LogP contribution in [0.15, 0.2) is 73.2 Å². The molecule has 14 nitrogen and oxygen atoms in total. The van der Waals surface area contributed by atoms with Gasteiger partial charge in [0.1, 0.15) is 11.6 Å². The lowest BCUT2D eigenvalue weighted by atomic mass is 10.0. The number of rotatable bonds is 11. The highest BCUT2D eigenvalue weighted by Crippen LogP contribution is 2.39. The van der Waals surface area contributed by atoms with Gasteiger partial charge in [-0.2, -0.15) is 13.2 Å². The van der Waals surface area contributed by atoms with E-state index in [0.29, 0.717) is 30.6 Å².